The van der Waals surface area contributed by atoms with Crippen LogP contribution in [0.4, 0.5) is 5.82 Å². The highest BCUT2D eigenvalue weighted by Gasteiger charge is 2.15. The van der Waals surface area contributed by atoms with E-state index in [1.165, 1.54) is 0 Å². The number of anilines is 1. The zero-order valence-corrected chi connectivity index (χ0v) is 14.6. The summed E-state index contributed by atoms with van der Waals surface area (Å²) in [6.07, 6.45) is 0.937. The van der Waals surface area contributed by atoms with Crippen LogP contribution in [0.3, 0.4) is 0 Å². The third kappa shape index (κ3) is 3.26. The highest BCUT2D eigenvalue weighted by atomic mass is 16.5. The van der Waals surface area contributed by atoms with Crippen LogP contribution < -0.4 is 5.32 Å². The smallest absolute Gasteiger partial charge is 0.158 e. The quantitative estimate of drug-likeness (QED) is 0.671. The van der Waals surface area contributed by atoms with Gasteiger partial charge in [0, 0.05) is 43.1 Å². The lowest BCUT2D eigenvalue weighted by Crippen LogP contribution is -2.12. The molecule has 0 saturated heterocycles. The fourth-order valence-electron chi connectivity index (χ4n) is 2.55. The molecule has 0 aliphatic carbocycles. The van der Waals surface area contributed by atoms with E-state index in [2.05, 4.69) is 20.6 Å². The second-order valence-electron chi connectivity index (χ2n) is 5.77. The van der Waals surface area contributed by atoms with Gasteiger partial charge in [-0.25, -0.2) is 4.98 Å². The van der Waals surface area contributed by atoms with Crippen LogP contribution in [0.2, 0.25) is 0 Å². The van der Waals surface area contributed by atoms with Gasteiger partial charge in [-0.3, -0.25) is 0 Å². The fraction of sp³-hybridized carbons (Fsp3) is 0.471. The molecule has 0 amide bonds. The molecule has 3 heterocycles. The van der Waals surface area contributed by atoms with Crippen LogP contribution in [0.1, 0.15) is 30.4 Å². The lowest BCUT2D eigenvalue weighted by atomic mass is 10.2. The SMILES string of the molecule is CCOCCCNc1c(C)c(C)nc2cc(-c3cc(C)on3)nn12. The molecule has 0 spiro atoms. The molecule has 7 heteroatoms. The minimum absolute atomic E-state index is 0.718. The van der Waals surface area contributed by atoms with Crippen molar-refractivity contribution in [1.29, 1.82) is 0 Å². The molecule has 0 aliphatic heterocycles. The third-order valence-corrected chi connectivity index (χ3v) is 3.93. The average Bonchev–Trinajstić information content (AvgIpc) is 3.16. The Hall–Kier alpha value is -2.41. The average molecular weight is 329 g/mol. The van der Waals surface area contributed by atoms with Crippen LogP contribution in [0.25, 0.3) is 17.0 Å². The van der Waals surface area contributed by atoms with Gasteiger partial charge in [0.1, 0.15) is 23.0 Å². The van der Waals surface area contributed by atoms with Gasteiger partial charge in [0.25, 0.3) is 0 Å². The second kappa shape index (κ2) is 7.00. The normalized spacial score (nSPS) is 11.3. The molecule has 0 aromatic carbocycles. The highest BCUT2D eigenvalue weighted by Crippen LogP contribution is 2.24. The molecule has 0 radical (unpaired) electrons. The minimum atomic E-state index is 0.718. The molecular formula is C17H23N5O2. The Kier molecular flexibility index (Phi) is 4.80. The summed E-state index contributed by atoms with van der Waals surface area (Å²) in [4.78, 5) is 4.62. The van der Waals surface area contributed by atoms with Crippen LogP contribution in [0, 0.1) is 20.8 Å². The van der Waals surface area contributed by atoms with E-state index in [4.69, 9.17) is 9.26 Å². The summed E-state index contributed by atoms with van der Waals surface area (Å²) in [5.41, 5.74) is 4.33. The first-order chi connectivity index (χ1) is 11.6. The summed E-state index contributed by atoms with van der Waals surface area (Å²) >= 11 is 0. The Morgan fingerprint density at radius 2 is 2.04 bits per heavy atom. The molecule has 24 heavy (non-hydrogen) atoms. The standard InChI is InChI=1S/C17H23N5O2/c1-5-23-8-6-7-18-17-12(3)13(4)19-16-10-14(20-22(16)17)15-9-11(2)24-21-15/h9-10,18H,5-8H2,1-4H3. The number of hydrogen-bond donors (Lipinski definition) is 1. The van der Waals surface area contributed by atoms with E-state index < -0.39 is 0 Å². The fourth-order valence-corrected chi connectivity index (χ4v) is 2.55. The van der Waals surface area contributed by atoms with Gasteiger partial charge in [0.05, 0.1) is 0 Å². The number of fused-ring (bicyclic) bond motifs is 1. The number of nitrogens with one attached hydrogen (secondary N) is 1. The van der Waals surface area contributed by atoms with E-state index >= 15 is 0 Å². The number of rotatable bonds is 7. The molecular weight excluding hydrogens is 306 g/mol. The van der Waals surface area contributed by atoms with Crippen molar-refractivity contribution in [3.05, 3.63) is 29.2 Å². The lowest BCUT2D eigenvalue weighted by Gasteiger charge is -2.13. The van der Waals surface area contributed by atoms with Crippen molar-refractivity contribution in [2.24, 2.45) is 0 Å². The highest BCUT2D eigenvalue weighted by molar-refractivity contribution is 5.64. The monoisotopic (exact) mass is 329 g/mol. The van der Waals surface area contributed by atoms with Gasteiger partial charge in [-0.2, -0.15) is 9.61 Å². The van der Waals surface area contributed by atoms with E-state index in [-0.39, 0.29) is 0 Å². The van der Waals surface area contributed by atoms with Gasteiger partial charge >= 0.3 is 0 Å². The van der Waals surface area contributed by atoms with Crippen LogP contribution in [-0.2, 0) is 4.74 Å². The van der Waals surface area contributed by atoms with Crippen LogP contribution in [-0.4, -0.2) is 39.5 Å². The predicted octanol–water partition coefficient (Wildman–Crippen LogP) is 3.15. The maximum absolute atomic E-state index is 5.38. The zero-order chi connectivity index (χ0) is 17.1. The Bertz CT molecular complexity index is 837. The van der Waals surface area contributed by atoms with Gasteiger partial charge in [-0.05, 0) is 34.1 Å². The number of nitrogens with zero attached hydrogens (tertiary/aromatic N) is 4. The van der Waals surface area contributed by atoms with E-state index in [1.807, 2.05) is 44.3 Å². The maximum Gasteiger partial charge on any atom is 0.158 e. The zero-order valence-electron chi connectivity index (χ0n) is 14.6. The van der Waals surface area contributed by atoms with Crippen molar-refractivity contribution >= 4 is 11.5 Å². The molecule has 3 aromatic heterocycles. The molecule has 3 aromatic rings. The largest absolute Gasteiger partial charge is 0.382 e. The van der Waals surface area contributed by atoms with Crippen LogP contribution >= 0.6 is 0 Å². The first-order valence-electron chi connectivity index (χ1n) is 8.22. The summed E-state index contributed by atoms with van der Waals surface area (Å²) in [7, 11) is 0. The first kappa shape index (κ1) is 16.4. The number of hydrogen-bond acceptors (Lipinski definition) is 6. The van der Waals surface area contributed by atoms with Crippen LogP contribution in [0.5, 0.6) is 0 Å². The van der Waals surface area contributed by atoms with Crippen molar-refractivity contribution < 1.29 is 9.26 Å². The maximum atomic E-state index is 5.38. The van der Waals surface area contributed by atoms with Crippen molar-refractivity contribution in [2.75, 3.05) is 25.1 Å². The molecule has 0 saturated carbocycles. The number of aryl methyl sites for hydroxylation is 2. The summed E-state index contributed by atoms with van der Waals surface area (Å²) in [5, 5.41) is 12.1. The van der Waals surface area contributed by atoms with Gasteiger partial charge < -0.3 is 14.6 Å². The van der Waals surface area contributed by atoms with Crippen molar-refractivity contribution in [1.82, 2.24) is 19.8 Å². The van der Waals surface area contributed by atoms with E-state index in [9.17, 15) is 0 Å². The van der Waals surface area contributed by atoms with Gasteiger partial charge in [0.2, 0.25) is 0 Å². The molecule has 128 valence electrons. The molecule has 3 rings (SSSR count). The molecule has 0 aliphatic rings. The molecule has 0 fully saturated rings. The summed E-state index contributed by atoms with van der Waals surface area (Å²) in [6.45, 7) is 10.2. The van der Waals surface area contributed by atoms with Crippen molar-refractivity contribution in [2.45, 2.75) is 34.1 Å². The summed E-state index contributed by atoms with van der Waals surface area (Å²) < 4.78 is 12.4. The van der Waals surface area contributed by atoms with Crippen molar-refractivity contribution in [3.8, 4) is 11.4 Å². The molecule has 0 unspecified atom stereocenters. The van der Waals surface area contributed by atoms with Gasteiger partial charge in [-0.15, -0.1) is 0 Å². The Morgan fingerprint density at radius 3 is 2.75 bits per heavy atom. The Labute approximate surface area is 141 Å². The Balaban J connectivity index is 1.91. The molecule has 0 bridgehead atoms. The van der Waals surface area contributed by atoms with E-state index in [0.717, 1.165) is 66.0 Å². The molecule has 1 N–H and O–H groups in total. The van der Waals surface area contributed by atoms with Gasteiger partial charge in [0.15, 0.2) is 5.65 Å². The van der Waals surface area contributed by atoms with Crippen LogP contribution in [0.15, 0.2) is 16.7 Å². The number of aromatic nitrogens is 4. The van der Waals surface area contributed by atoms with Crippen molar-refractivity contribution in [3.63, 3.8) is 0 Å². The molecule has 7 nitrogen and oxygen atoms in total. The number of ether oxygens (including phenoxy) is 1. The first-order valence-corrected chi connectivity index (χ1v) is 8.22. The third-order valence-electron chi connectivity index (χ3n) is 3.93. The Morgan fingerprint density at radius 1 is 1.21 bits per heavy atom. The topological polar surface area (TPSA) is 77.5 Å². The lowest BCUT2D eigenvalue weighted by molar-refractivity contribution is 0.147. The predicted molar refractivity (Wildman–Crippen MR) is 92.3 cm³/mol. The second-order valence-corrected chi connectivity index (χ2v) is 5.77. The summed E-state index contributed by atoms with van der Waals surface area (Å²) in [5.74, 6) is 1.72. The summed E-state index contributed by atoms with van der Waals surface area (Å²) in [6, 6.07) is 3.80. The van der Waals surface area contributed by atoms with E-state index in [1.54, 1.807) is 0 Å². The van der Waals surface area contributed by atoms with Gasteiger partial charge in [-0.1, -0.05) is 5.16 Å². The molecule has 0 atom stereocenters. The van der Waals surface area contributed by atoms with E-state index in [0.29, 0.717) is 0 Å². The minimum Gasteiger partial charge on any atom is -0.382 e.